The van der Waals surface area contributed by atoms with Crippen LogP contribution in [0.15, 0.2) is 30.7 Å². The first-order valence-corrected chi connectivity index (χ1v) is 14.3. The topological polar surface area (TPSA) is 123 Å². The number of carbonyl (C=O) groups excluding carboxylic acids is 2. The maximum atomic E-state index is 14.2. The lowest BCUT2D eigenvalue weighted by atomic mass is 9.86. The number of rotatable bonds is 10. The predicted molar refractivity (Wildman–Crippen MR) is 150 cm³/mol. The fourth-order valence-corrected chi connectivity index (χ4v) is 5.69. The van der Waals surface area contributed by atoms with Crippen molar-refractivity contribution in [2.75, 3.05) is 31.5 Å². The molecule has 2 fully saturated rings. The molecule has 40 heavy (non-hydrogen) atoms. The van der Waals surface area contributed by atoms with Gasteiger partial charge in [-0.05, 0) is 83.4 Å². The zero-order valence-electron chi connectivity index (χ0n) is 23.6. The summed E-state index contributed by atoms with van der Waals surface area (Å²) >= 11 is 0. The zero-order valence-corrected chi connectivity index (χ0v) is 23.6. The summed E-state index contributed by atoms with van der Waals surface area (Å²) < 4.78 is 25.4. The molecule has 0 atom stereocenters. The highest BCUT2D eigenvalue weighted by Gasteiger charge is 2.28. The summed E-state index contributed by atoms with van der Waals surface area (Å²) in [5.41, 5.74) is 5.31. The third-order valence-electron chi connectivity index (χ3n) is 7.82. The molecule has 1 saturated heterocycles. The summed E-state index contributed by atoms with van der Waals surface area (Å²) in [5, 5.41) is 3.50. The van der Waals surface area contributed by atoms with E-state index in [1.165, 1.54) is 24.5 Å². The lowest BCUT2D eigenvalue weighted by Gasteiger charge is -2.36. The number of nitrogens with two attached hydrogens (primary N) is 1. The largest absolute Gasteiger partial charge is 0.451 e. The van der Waals surface area contributed by atoms with Gasteiger partial charge in [-0.25, -0.2) is 19.2 Å². The van der Waals surface area contributed by atoms with E-state index in [-0.39, 0.29) is 35.4 Å². The second-order valence-corrected chi connectivity index (χ2v) is 11.0. The van der Waals surface area contributed by atoms with Gasteiger partial charge < -0.3 is 30.3 Å². The summed E-state index contributed by atoms with van der Waals surface area (Å²) in [6.07, 6.45) is 8.01. The molecule has 218 valence electrons. The van der Waals surface area contributed by atoms with E-state index in [0.29, 0.717) is 24.0 Å². The number of benzene rings is 1. The smallest absolute Gasteiger partial charge is 0.404 e. The van der Waals surface area contributed by atoms with Gasteiger partial charge in [-0.2, -0.15) is 0 Å². The molecule has 4 rings (SSSR count). The van der Waals surface area contributed by atoms with Crippen molar-refractivity contribution in [2.45, 2.75) is 77.5 Å². The van der Waals surface area contributed by atoms with Gasteiger partial charge in [-0.1, -0.05) is 0 Å². The van der Waals surface area contributed by atoms with Crippen molar-refractivity contribution in [2.24, 2.45) is 11.7 Å². The molecular weight excluding hydrogens is 515 g/mol. The SMILES string of the molecule is CCN(C(=O)c1cc(F)ccc1Oc1cncnc1NC1CCN(C[C@H]2CC[C@H](OC(N)=O)CC2)CC1)C(C)C. The first-order chi connectivity index (χ1) is 19.2. The normalized spacial score (nSPS) is 20.2. The van der Waals surface area contributed by atoms with Crippen LogP contribution in [-0.4, -0.2) is 76.1 Å². The number of aromatic nitrogens is 2. The Kier molecular flexibility index (Phi) is 10.1. The number of piperidine rings is 1. The quantitative estimate of drug-likeness (QED) is 0.428. The fraction of sp³-hybridized carbons (Fsp3) is 0.586. The number of hydrogen-bond acceptors (Lipinski definition) is 8. The molecule has 2 amide bonds. The lowest BCUT2D eigenvalue weighted by Crippen LogP contribution is -2.42. The van der Waals surface area contributed by atoms with Gasteiger partial charge >= 0.3 is 6.09 Å². The van der Waals surface area contributed by atoms with Gasteiger partial charge in [0.25, 0.3) is 5.91 Å². The van der Waals surface area contributed by atoms with Crippen LogP contribution < -0.4 is 15.8 Å². The summed E-state index contributed by atoms with van der Waals surface area (Å²) in [6, 6.07) is 4.13. The van der Waals surface area contributed by atoms with E-state index in [1.54, 1.807) is 11.1 Å². The van der Waals surface area contributed by atoms with Crippen molar-refractivity contribution in [1.29, 1.82) is 0 Å². The number of anilines is 1. The highest BCUT2D eigenvalue weighted by molar-refractivity contribution is 5.97. The van der Waals surface area contributed by atoms with Crippen LogP contribution in [0.3, 0.4) is 0 Å². The minimum Gasteiger partial charge on any atom is -0.451 e. The van der Waals surface area contributed by atoms with Crippen LogP contribution in [0.2, 0.25) is 0 Å². The molecule has 1 aliphatic heterocycles. The van der Waals surface area contributed by atoms with Crippen molar-refractivity contribution in [3.05, 3.63) is 42.1 Å². The first-order valence-electron chi connectivity index (χ1n) is 14.3. The molecule has 1 aliphatic carbocycles. The number of amides is 2. The van der Waals surface area contributed by atoms with Gasteiger partial charge in [0.05, 0.1) is 11.8 Å². The average Bonchev–Trinajstić information content (AvgIpc) is 2.92. The van der Waals surface area contributed by atoms with Crippen molar-refractivity contribution in [1.82, 2.24) is 19.8 Å². The molecular formula is C29H41FN6O4. The third-order valence-corrected chi connectivity index (χ3v) is 7.82. The van der Waals surface area contributed by atoms with Gasteiger partial charge in [0.15, 0.2) is 11.6 Å². The van der Waals surface area contributed by atoms with E-state index in [0.717, 1.165) is 58.2 Å². The van der Waals surface area contributed by atoms with E-state index in [9.17, 15) is 14.0 Å². The molecule has 11 heteroatoms. The molecule has 1 saturated carbocycles. The number of likely N-dealkylation sites (tertiary alicyclic amines) is 1. The Morgan fingerprint density at radius 1 is 1.15 bits per heavy atom. The van der Waals surface area contributed by atoms with E-state index in [4.69, 9.17) is 15.2 Å². The van der Waals surface area contributed by atoms with Crippen LogP contribution in [-0.2, 0) is 4.74 Å². The summed E-state index contributed by atoms with van der Waals surface area (Å²) in [5.74, 6) is 0.991. The molecule has 2 aliphatic rings. The van der Waals surface area contributed by atoms with Crippen molar-refractivity contribution < 1.29 is 23.5 Å². The Hall–Kier alpha value is -3.47. The highest BCUT2D eigenvalue weighted by Crippen LogP contribution is 2.33. The van der Waals surface area contributed by atoms with Crippen LogP contribution in [0, 0.1) is 11.7 Å². The molecule has 1 aromatic carbocycles. The number of nitrogens with zero attached hydrogens (tertiary/aromatic N) is 4. The number of carbonyl (C=O) groups is 2. The van der Waals surface area contributed by atoms with Crippen LogP contribution in [0.25, 0.3) is 0 Å². The molecule has 0 unspecified atom stereocenters. The van der Waals surface area contributed by atoms with Gasteiger partial charge in [-0.3, -0.25) is 4.79 Å². The van der Waals surface area contributed by atoms with E-state index < -0.39 is 11.9 Å². The number of hydrogen-bond donors (Lipinski definition) is 2. The van der Waals surface area contributed by atoms with E-state index in [2.05, 4.69) is 20.2 Å². The molecule has 0 radical (unpaired) electrons. The molecule has 2 aromatic rings. The molecule has 2 heterocycles. The first kappa shape index (κ1) is 29.5. The highest BCUT2D eigenvalue weighted by atomic mass is 19.1. The Bertz CT molecular complexity index is 1150. The van der Waals surface area contributed by atoms with Gasteiger partial charge in [-0.15, -0.1) is 0 Å². The third kappa shape index (κ3) is 7.80. The number of primary amides is 1. The van der Waals surface area contributed by atoms with Crippen LogP contribution in [0.1, 0.15) is 69.7 Å². The molecule has 10 nitrogen and oxygen atoms in total. The van der Waals surface area contributed by atoms with Gasteiger partial charge in [0.2, 0.25) is 0 Å². The van der Waals surface area contributed by atoms with E-state index >= 15 is 0 Å². The van der Waals surface area contributed by atoms with Gasteiger partial charge in [0, 0.05) is 38.3 Å². The lowest BCUT2D eigenvalue weighted by molar-refractivity contribution is 0.0619. The van der Waals surface area contributed by atoms with Crippen LogP contribution >= 0.6 is 0 Å². The van der Waals surface area contributed by atoms with Gasteiger partial charge in [0.1, 0.15) is 24.0 Å². The monoisotopic (exact) mass is 556 g/mol. The minimum atomic E-state index is -0.684. The van der Waals surface area contributed by atoms with Crippen LogP contribution in [0.4, 0.5) is 15.0 Å². The zero-order chi connectivity index (χ0) is 28.6. The van der Waals surface area contributed by atoms with Crippen molar-refractivity contribution in [3.8, 4) is 11.5 Å². The minimum absolute atomic E-state index is 0.0392. The maximum Gasteiger partial charge on any atom is 0.404 e. The maximum absolute atomic E-state index is 14.2. The Morgan fingerprint density at radius 2 is 1.88 bits per heavy atom. The molecule has 3 N–H and O–H groups in total. The summed E-state index contributed by atoms with van der Waals surface area (Å²) in [7, 11) is 0. The van der Waals surface area contributed by atoms with E-state index in [1.807, 2.05) is 20.8 Å². The van der Waals surface area contributed by atoms with Crippen molar-refractivity contribution in [3.63, 3.8) is 0 Å². The van der Waals surface area contributed by atoms with Crippen LogP contribution in [0.5, 0.6) is 11.5 Å². The predicted octanol–water partition coefficient (Wildman–Crippen LogP) is 4.81. The molecule has 0 spiro atoms. The molecule has 1 aromatic heterocycles. The number of ether oxygens (including phenoxy) is 2. The Labute approximate surface area is 235 Å². The number of nitrogens with one attached hydrogen (secondary N) is 1. The van der Waals surface area contributed by atoms with Crippen molar-refractivity contribution >= 4 is 17.8 Å². The summed E-state index contributed by atoms with van der Waals surface area (Å²) in [6.45, 7) is 9.21. The second-order valence-electron chi connectivity index (χ2n) is 11.0. The standard InChI is InChI=1S/C29H41FN6O4/c1-4-36(19(2)3)28(37)24-15-21(30)7-10-25(24)40-26-16-32-18-33-27(26)34-22-11-13-35(14-12-22)17-20-5-8-23(9-6-20)39-29(31)38/h7,10,15-16,18-20,22-23H,4-6,8-9,11-14,17H2,1-3H3,(H2,31,38)(H,32,33,34)/t20-,23-. The second kappa shape index (κ2) is 13.7. The molecule has 0 bridgehead atoms. The Balaban J connectivity index is 1.35. The number of halogens is 1. The fourth-order valence-electron chi connectivity index (χ4n) is 5.69. The Morgan fingerprint density at radius 3 is 2.52 bits per heavy atom. The summed E-state index contributed by atoms with van der Waals surface area (Å²) in [4.78, 5) is 36.9. The average molecular weight is 557 g/mol.